The molecule has 2 amide bonds. The fourth-order valence-corrected chi connectivity index (χ4v) is 1.35. The minimum absolute atomic E-state index is 0.0106. The quantitative estimate of drug-likeness (QED) is 0.732. The van der Waals surface area contributed by atoms with Gasteiger partial charge in [-0.3, -0.25) is 0 Å². The maximum atomic E-state index is 13.3. The second kappa shape index (κ2) is 6.87. The topological polar surface area (TPSA) is 72.8 Å². The number of anilines is 1. The van der Waals surface area contributed by atoms with E-state index in [1.807, 2.05) is 0 Å². The molecule has 5 nitrogen and oxygen atoms in total. The molecule has 1 aromatic carbocycles. The van der Waals surface area contributed by atoms with Crippen LogP contribution in [0.4, 0.5) is 19.3 Å². The first-order chi connectivity index (χ1) is 8.60. The molecular weight excluding hydrogens is 246 g/mol. The Morgan fingerprint density at radius 1 is 1.22 bits per heavy atom. The first-order valence-electron chi connectivity index (χ1n) is 5.31. The summed E-state index contributed by atoms with van der Waals surface area (Å²) >= 11 is 0. The summed E-state index contributed by atoms with van der Waals surface area (Å²) < 4.78 is 26.2. The average molecular weight is 260 g/mol. The van der Waals surface area contributed by atoms with E-state index in [-0.39, 0.29) is 32.0 Å². The standard InChI is InChI=1S/C11H14F2N2O3/c12-8-2-1-3-9(10(8)13)14-11(18)15(4-6-16)5-7-17/h1-3,16-17H,4-7H2,(H,14,18). The number of aliphatic hydroxyl groups is 2. The molecule has 0 spiro atoms. The van der Waals surface area contributed by atoms with Crippen molar-refractivity contribution in [2.24, 2.45) is 0 Å². The summed E-state index contributed by atoms with van der Waals surface area (Å²) in [6.07, 6.45) is 0. The first kappa shape index (κ1) is 14.3. The highest BCUT2D eigenvalue weighted by molar-refractivity contribution is 5.89. The number of carbonyl (C=O) groups excluding carboxylic acids is 1. The summed E-state index contributed by atoms with van der Waals surface area (Å²) in [5, 5.41) is 19.6. The lowest BCUT2D eigenvalue weighted by molar-refractivity contribution is 0.167. The van der Waals surface area contributed by atoms with Gasteiger partial charge in [0.05, 0.1) is 18.9 Å². The van der Waals surface area contributed by atoms with Gasteiger partial charge in [-0.1, -0.05) is 6.07 Å². The fourth-order valence-electron chi connectivity index (χ4n) is 1.35. The van der Waals surface area contributed by atoms with Crippen LogP contribution >= 0.6 is 0 Å². The van der Waals surface area contributed by atoms with E-state index in [0.717, 1.165) is 11.0 Å². The van der Waals surface area contributed by atoms with E-state index < -0.39 is 17.7 Å². The predicted octanol–water partition coefficient (Wildman–Crippen LogP) is 0.783. The number of aliphatic hydroxyl groups excluding tert-OH is 2. The summed E-state index contributed by atoms with van der Waals surface area (Å²) in [4.78, 5) is 12.7. The highest BCUT2D eigenvalue weighted by atomic mass is 19.2. The molecule has 0 saturated heterocycles. The highest BCUT2D eigenvalue weighted by Gasteiger charge is 2.15. The molecule has 3 N–H and O–H groups in total. The Labute approximate surface area is 103 Å². The number of halogens is 2. The zero-order chi connectivity index (χ0) is 13.5. The molecule has 18 heavy (non-hydrogen) atoms. The van der Waals surface area contributed by atoms with E-state index in [1.165, 1.54) is 12.1 Å². The minimum Gasteiger partial charge on any atom is -0.395 e. The third-order valence-corrected chi connectivity index (χ3v) is 2.22. The maximum Gasteiger partial charge on any atom is 0.322 e. The van der Waals surface area contributed by atoms with Crippen molar-refractivity contribution in [3.8, 4) is 0 Å². The van der Waals surface area contributed by atoms with E-state index in [4.69, 9.17) is 10.2 Å². The Morgan fingerprint density at radius 3 is 2.39 bits per heavy atom. The van der Waals surface area contributed by atoms with Crippen molar-refractivity contribution in [2.45, 2.75) is 0 Å². The van der Waals surface area contributed by atoms with E-state index in [1.54, 1.807) is 0 Å². The first-order valence-corrected chi connectivity index (χ1v) is 5.31. The largest absolute Gasteiger partial charge is 0.395 e. The molecule has 0 aliphatic carbocycles. The molecule has 1 rings (SSSR count). The SMILES string of the molecule is O=C(Nc1cccc(F)c1F)N(CCO)CCO. The van der Waals surface area contributed by atoms with Crippen LogP contribution in [0.3, 0.4) is 0 Å². The minimum atomic E-state index is -1.15. The number of rotatable bonds is 5. The Morgan fingerprint density at radius 2 is 1.83 bits per heavy atom. The van der Waals surface area contributed by atoms with Crippen LogP contribution < -0.4 is 5.32 Å². The van der Waals surface area contributed by atoms with Crippen LogP contribution in [0.5, 0.6) is 0 Å². The fraction of sp³-hybridized carbons (Fsp3) is 0.364. The van der Waals surface area contributed by atoms with Crippen LogP contribution in [0, 0.1) is 11.6 Å². The van der Waals surface area contributed by atoms with Crippen LogP contribution in [-0.4, -0.2) is 47.4 Å². The molecule has 0 saturated carbocycles. The van der Waals surface area contributed by atoms with Crippen LogP contribution in [0.2, 0.25) is 0 Å². The smallest absolute Gasteiger partial charge is 0.322 e. The number of benzene rings is 1. The second-order valence-corrected chi connectivity index (χ2v) is 3.47. The molecule has 0 radical (unpaired) electrons. The van der Waals surface area contributed by atoms with Crippen molar-refractivity contribution >= 4 is 11.7 Å². The third kappa shape index (κ3) is 3.64. The Balaban J connectivity index is 2.75. The van der Waals surface area contributed by atoms with Gasteiger partial charge in [0.15, 0.2) is 11.6 Å². The summed E-state index contributed by atoms with van der Waals surface area (Å²) in [5.74, 6) is -2.22. The zero-order valence-electron chi connectivity index (χ0n) is 9.57. The van der Waals surface area contributed by atoms with Crippen LogP contribution in [0.15, 0.2) is 18.2 Å². The average Bonchev–Trinajstić information content (AvgIpc) is 2.34. The Kier molecular flexibility index (Phi) is 5.47. The molecule has 7 heteroatoms. The van der Waals surface area contributed by atoms with Crippen molar-refractivity contribution in [1.82, 2.24) is 4.90 Å². The van der Waals surface area contributed by atoms with Gasteiger partial charge in [-0.25, -0.2) is 13.6 Å². The number of hydrogen-bond acceptors (Lipinski definition) is 3. The highest BCUT2D eigenvalue weighted by Crippen LogP contribution is 2.16. The number of hydrogen-bond donors (Lipinski definition) is 3. The molecule has 1 aromatic rings. The van der Waals surface area contributed by atoms with Gasteiger partial charge in [0.25, 0.3) is 0 Å². The summed E-state index contributed by atoms with van der Waals surface area (Å²) in [6, 6.07) is 2.69. The Bertz CT molecular complexity index is 409. The van der Waals surface area contributed by atoms with Gasteiger partial charge in [-0.05, 0) is 12.1 Å². The van der Waals surface area contributed by atoms with Gasteiger partial charge in [-0.2, -0.15) is 0 Å². The molecule has 0 fully saturated rings. The number of nitrogens with one attached hydrogen (secondary N) is 1. The van der Waals surface area contributed by atoms with Crippen molar-refractivity contribution in [1.29, 1.82) is 0 Å². The number of amides is 2. The van der Waals surface area contributed by atoms with Crippen molar-refractivity contribution in [2.75, 3.05) is 31.6 Å². The molecule has 0 unspecified atom stereocenters. The molecule has 0 aliphatic heterocycles. The number of nitrogens with zero attached hydrogens (tertiary/aromatic N) is 1. The molecule has 0 bridgehead atoms. The molecular formula is C11H14F2N2O3. The van der Waals surface area contributed by atoms with E-state index in [0.29, 0.717) is 0 Å². The van der Waals surface area contributed by atoms with Crippen LogP contribution in [0.25, 0.3) is 0 Å². The molecule has 0 heterocycles. The second-order valence-electron chi connectivity index (χ2n) is 3.47. The number of carbonyl (C=O) groups is 1. The molecule has 0 aromatic heterocycles. The van der Waals surface area contributed by atoms with Crippen LogP contribution in [0.1, 0.15) is 0 Å². The summed E-state index contributed by atoms with van der Waals surface area (Å²) in [7, 11) is 0. The lowest BCUT2D eigenvalue weighted by Gasteiger charge is -2.21. The van der Waals surface area contributed by atoms with Gasteiger partial charge in [-0.15, -0.1) is 0 Å². The molecule has 0 aliphatic rings. The zero-order valence-corrected chi connectivity index (χ0v) is 9.57. The van der Waals surface area contributed by atoms with E-state index >= 15 is 0 Å². The maximum absolute atomic E-state index is 13.3. The van der Waals surface area contributed by atoms with E-state index in [2.05, 4.69) is 5.32 Å². The van der Waals surface area contributed by atoms with Crippen molar-refractivity contribution < 1.29 is 23.8 Å². The van der Waals surface area contributed by atoms with Gasteiger partial charge in [0, 0.05) is 13.1 Å². The normalized spacial score (nSPS) is 10.2. The third-order valence-electron chi connectivity index (χ3n) is 2.22. The van der Waals surface area contributed by atoms with Gasteiger partial charge in [0.2, 0.25) is 0 Å². The van der Waals surface area contributed by atoms with Gasteiger partial charge < -0.3 is 20.4 Å². The molecule has 100 valence electrons. The van der Waals surface area contributed by atoms with Gasteiger partial charge >= 0.3 is 6.03 Å². The monoisotopic (exact) mass is 260 g/mol. The Hall–Kier alpha value is -1.73. The van der Waals surface area contributed by atoms with Crippen LogP contribution in [-0.2, 0) is 0 Å². The molecule has 0 atom stereocenters. The van der Waals surface area contributed by atoms with Gasteiger partial charge in [0.1, 0.15) is 0 Å². The van der Waals surface area contributed by atoms with Crippen molar-refractivity contribution in [3.05, 3.63) is 29.8 Å². The summed E-state index contributed by atoms with van der Waals surface area (Å²) in [6.45, 7) is -0.606. The summed E-state index contributed by atoms with van der Waals surface area (Å²) in [5.41, 5.74) is -0.291. The lowest BCUT2D eigenvalue weighted by Crippen LogP contribution is -2.39. The predicted molar refractivity (Wildman–Crippen MR) is 61.1 cm³/mol. The van der Waals surface area contributed by atoms with E-state index in [9.17, 15) is 13.6 Å². The van der Waals surface area contributed by atoms with Crippen molar-refractivity contribution in [3.63, 3.8) is 0 Å². The number of urea groups is 1. The lowest BCUT2D eigenvalue weighted by atomic mass is 10.3.